The average molecular weight is 206 g/mol. The van der Waals surface area contributed by atoms with Crippen LogP contribution < -0.4 is 0 Å². The van der Waals surface area contributed by atoms with E-state index in [-0.39, 0.29) is 0 Å². The van der Waals surface area contributed by atoms with Crippen LogP contribution in [0.15, 0.2) is 29.3 Å². The molecule has 0 bridgehead atoms. The topological polar surface area (TPSA) is 17.8 Å². The van der Waals surface area contributed by atoms with Crippen LogP contribution >= 0.6 is 11.8 Å². The SMILES string of the molecule is CSc1nn(C(C)C)c2ccccc12. The van der Waals surface area contributed by atoms with Crippen molar-refractivity contribution >= 4 is 22.7 Å². The second-order valence-corrected chi connectivity index (χ2v) is 4.36. The monoisotopic (exact) mass is 206 g/mol. The van der Waals surface area contributed by atoms with Crippen molar-refractivity contribution in [1.82, 2.24) is 9.78 Å². The van der Waals surface area contributed by atoms with Gasteiger partial charge in [0.1, 0.15) is 5.03 Å². The Labute approximate surface area is 88.3 Å². The van der Waals surface area contributed by atoms with E-state index in [9.17, 15) is 0 Å². The molecule has 0 spiro atoms. The number of aromatic nitrogens is 2. The van der Waals surface area contributed by atoms with Gasteiger partial charge in [-0.05, 0) is 26.2 Å². The first kappa shape index (κ1) is 9.59. The van der Waals surface area contributed by atoms with E-state index >= 15 is 0 Å². The maximum atomic E-state index is 4.59. The van der Waals surface area contributed by atoms with Gasteiger partial charge in [0.2, 0.25) is 0 Å². The fourth-order valence-electron chi connectivity index (χ4n) is 1.60. The fourth-order valence-corrected chi connectivity index (χ4v) is 2.17. The first-order valence-electron chi connectivity index (χ1n) is 4.75. The maximum Gasteiger partial charge on any atom is 0.126 e. The van der Waals surface area contributed by atoms with Gasteiger partial charge in [-0.15, -0.1) is 11.8 Å². The second kappa shape index (κ2) is 3.65. The molecule has 0 aliphatic carbocycles. The zero-order valence-corrected chi connectivity index (χ0v) is 9.51. The van der Waals surface area contributed by atoms with Crippen molar-refractivity contribution in [3.63, 3.8) is 0 Å². The summed E-state index contributed by atoms with van der Waals surface area (Å²) in [5, 5.41) is 6.96. The molecule has 0 aliphatic heterocycles. The van der Waals surface area contributed by atoms with Crippen molar-refractivity contribution < 1.29 is 0 Å². The third-order valence-electron chi connectivity index (χ3n) is 2.26. The average Bonchev–Trinajstić information content (AvgIpc) is 2.56. The molecule has 2 nitrogen and oxygen atoms in total. The van der Waals surface area contributed by atoms with E-state index in [2.05, 4.69) is 54.1 Å². The van der Waals surface area contributed by atoms with E-state index in [1.807, 2.05) is 0 Å². The number of para-hydroxylation sites is 1. The molecule has 0 radical (unpaired) electrons. The Balaban J connectivity index is 2.73. The Morgan fingerprint density at radius 1 is 1.29 bits per heavy atom. The van der Waals surface area contributed by atoms with E-state index in [0.717, 1.165) is 5.03 Å². The lowest BCUT2D eigenvalue weighted by molar-refractivity contribution is 0.539. The van der Waals surface area contributed by atoms with Crippen LogP contribution in [0.25, 0.3) is 10.9 Å². The Morgan fingerprint density at radius 3 is 2.64 bits per heavy atom. The number of benzene rings is 1. The molecule has 1 heterocycles. The van der Waals surface area contributed by atoms with Crippen molar-refractivity contribution in [2.24, 2.45) is 0 Å². The smallest absolute Gasteiger partial charge is 0.126 e. The van der Waals surface area contributed by atoms with Crippen molar-refractivity contribution in [2.45, 2.75) is 24.9 Å². The molecule has 0 aliphatic rings. The number of hydrogen-bond acceptors (Lipinski definition) is 2. The molecule has 0 saturated carbocycles. The third kappa shape index (κ3) is 1.42. The number of nitrogens with zero attached hydrogens (tertiary/aromatic N) is 2. The molecule has 0 atom stereocenters. The minimum Gasteiger partial charge on any atom is -0.261 e. The quantitative estimate of drug-likeness (QED) is 0.701. The molecule has 2 rings (SSSR count). The summed E-state index contributed by atoms with van der Waals surface area (Å²) in [7, 11) is 0. The van der Waals surface area contributed by atoms with Crippen LogP contribution in [0.4, 0.5) is 0 Å². The van der Waals surface area contributed by atoms with Crippen molar-refractivity contribution in [2.75, 3.05) is 6.26 Å². The van der Waals surface area contributed by atoms with E-state index < -0.39 is 0 Å². The largest absolute Gasteiger partial charge is 0.261 e. The van der Waals surface area contributed by atoms with Gasteiger partial charge in [0.15, 0.2) is 0 Å². The highest BCUT2D eigenvalue weighted by Crippen LogP contribution is 2.27. The summed E-state index contributed by atoms with van der Waals surface area (Å²) < 4.78 is 2.08. The first-order valence-corrected chi connectivity index (χ1v) is 5.97. The van der Waals surface area contributed by atoms with Gasteiger partial charge in [-0.25, -0.2) is 0 Å². The van der Waals surface area contributed by atoms with Crippen molar-refractivity contribution in [3.8, 4) is 0 Å². The normalized spacial score (nSPS) is 11.4. The van der Waals surface area contributed by atoms with Gasteiger partial charge in [0, 0.05) is 11.4 Å². The Bertz CT molecular complexity index is 445. The lowest BCUT2D eigenvalue weighted by Gasteiger charge is -2.05. The molecule has 0 amide bonds. The third-order valence-corrected chi connectivity index (χ3v) is 2.95. The highest BCUT2D eigenvalue weighted by atomic mass is 32.2. The zero-order valence-electron chi connectivity index (χ0n) is 8.69. The highest BCUT2D eigenvalue weighted by Gasteiger charge is 2.10. The summed E-state index contributed by atoms with van der Waals surface area (Å²) in [4.78, 5) is 0. The van der Waals surface area contributed by atoms with Crippen molar-refractivity contribution in [1.29, 1.82) is 0 Å². The maximum absolute atomic E-state index is 4.59. The van der Waals surface area contributed by atoms with Crippen LogP contribution in [0, 0.1) is 0 Å². The number of thioether (sulfide) groups is 1. The van der Waals surface area contributed by atoms with Crippen LogP contribution in [0.1, 0.15) is 19.9 Å². The molecule has 0 fully saturated rings. The molecule has 3 heteroatoms. The zero-order chi connectivity index (χ0) is 10.1. The molecule has 14 heavy (non-hydrogen) atoms. The van der Waals surface area contributed by atoms with Crippen molar-refractivity contribution in [3.05, 3.63) is 24.3 Å². The summed E-state index contributed by atoms with van der Waals surface area (Å²) in [5.74, 6) is 0. The van der Waals surface area contributed by atoms with Gasteiger partial charge in [0.05, 0.1) is 5.52 Å². The molecular formula is C11H14N2S. The molecule has 1 aromatic heterocycles. The number of fused-ring (bicyclic) bond motifs is 1. The van der Waals surface area contributed by atoms with E-state index in [4.69, 9.17) is 0 Å². The first-order chi connectivity index (χ1) is 6.74. The predicted molar refractivity (Wildman–Crippen MR) is 61.9 cm³/mol. The number of rotatable bonds is 2. The fraction of sp³-hybridized carbons (Fsp3) is 0.364. The Morgan fingerprint density at radius 2 is 2.00 bits per heavy atom. The Kier molecular flexibility index (Phi) is 2.50. The lowest BCUT2D eigenvalue weighted by atomic mass is 10.2. The second-order valence-electron chi connectivity index (χ2n) is 3.56. The molecule has 0 saturated heterocycles. The van der Waals surface area contributed by atoms with Crippen LogP contribution in [0.2, 0.25) is 0 Å². The highest BCUT2D eigenvalue weighted by molar-refractivity contribution is 7.98. The van der Waals surface area contributed by atoms with E-state index in [1.54, 1.807) is 11.8 Å². The molecule has 0 unspecified atom stereocenters. The van der Waals surface area contributed by atoms with Gasteiger partial charge in [0.25, 0.3) is 0 Å². The van der Waals surface area contributed by atoms with E-state index in [1.165, 1.54) is 10.9 Å². The van der Waals surface area contributed by atoms with Gasteiger partial charge in [-0.1, -0.05) is 18.2 Å². The summed E-state index contributed by atoms with van der Waals surface area (Å²) in [5.41, 5.74) is 1.23. The van der Waals surface area contributed by atoms with Crippen LogP contribution in [0.5, 0.6) is 0 Å². The summed E-state index contributed by atoms with van der Waals surface area (Å²) in [6.45, 7) is 4.31. The van der Waals surface area contributed by atoms with Gasteiger partial charge >= 0.3 is 0 Å². The van der Waals surface area contributed by atoms with Gasteiger partial charge < -0.3 is 0 Å². The molecule has 0 N–H and O–H groups in total. The van der Waals surface area contributed by atoms with Crippen LogP contribution in [0.3, 0.4) is 0 Å². The standard InChI is InChI=1S/C11H14N2S/c1-8(2)13-10-7-5-4-6-9(10)11(12-13)14-3/h4-8H,1-3H3. The van der Waals surface area contributed by atoms with Crippen LogP contribution in [-0.4, -0.2) is 16.0 Å². The summed E-state index contributed by atoms with van der Waals surface area (Å²) in [6, 6.07) is 8.80. The minimum absolute atomic E-state index is 0.417. The lowest BCUT2D eigenvalue weighted by Crippen LogP contribution is -2.01. The molecule has 1 aromatic carbocycles. The van der Waals surface area contributed by atoms with Crippen LogP contribution in [-0.2, 0) is 0 Å². The molecular weight excluding hydrogens is 192 g/mol. The molecule has 2 aromatic rings. The van der Waals surface area contributed by atoms with Gasteiger partial charge in [-0.3, -0.25) is 4.68 Å². The minimum atomic E-state index is 0.417. The van der Waals surface area contributed by atoms with Gasteiger partial charge in [-0.2, -0.15) is 5.10 Å². The molecule has 74 valence electrons. The summed E-state index contributed by atoms with van der Waals surface area (Å²) in [6.07, 6.45) is 2.07. The number of hydrogen-bond donors (Lipinski definition) is 0. The summed E-state index contributed by atoms with van der Waals surface area (Å²) >= 11 is 1.70. The predicted octanol–water partition coefficient (Wildman–Crippen LogP) is 3.34. The van der Waals surface area contributed by atoms with E-state index in [0.29, 0.717) is 6.04 Å². The Hall–Kier alpha value is -0.960.